The number of nitrogens with one attached hydrogen (secondary N) is 1. The molecule has 0 saturated carbocycles. The minimum absolute atomic E-state index is 0.361. The quantitative estimate of drug-likeness (QED) is 0.230. The van der Waals surface area contributed by atoms with Gasteiger partial charge in [-0.05, 0) is 60.2 Å². The van der Waals surface area contributed by atoms with Gasteiger partial charge in [-0.3, -0.25) is 0 Å². The average molecular weight is 577 g/mol. The van der Waals surface area contributed by atoms with Crippen molar-refractivity contribution in [2.45, 2.75) is 23.7 Å². The molecule has 7 heteroatoms. The molecule has 7 rings (SSSR count). The fourth-order valence-corrected chi connectivity index (χ4v) is 9.51. The van der Waals surface area contributed by atoms with Crippen LogP contribution in [0.5, 0.6) is 5.75 Å². The van der Waals surface area contributed by atoms with Crippen molar-refractivity contribution in [2.24, 2.45) is 0 Å². The highest BCUT2D eigenvalue weighted by Gasteiger charge is 2.48. The number of rotatable bonds is 4. The fourth-order valence-electron chi connectivity index (χ4n) is 4.80. The van der Waals surface area contributed by atoms with E-state index in [1.807, 2.05) is 78.1 Å². The molecule has 2 nitrogen and oxygen atoms in total. The number of ether oxygens (including phenoxy) is 1. The van der Waals surface area contributed by atoms with Crippen molar-refractivity contribution in [1.82, 2.24) is 4.98 Å². The first kappa shape index (κ1) is 23.7. The molecular formula is C30H19Cl2NOS3. The van der Waals surface area contributed by atoms with Crippen LogP contribution in [-0.2, 0) is 9.01 Å². The minimum Gasteiger partial charge on any atom is -0.465 e. The fraction of sp³-hybridized carbons (Fsp3) is 0.0667. The minimum atomic E-state index is -0.755. The van der Waals surface area contributed by atoms with Gasteiger partial charge < -0.3 is 9.72 Å². The largest absolute Gasteiger partial charge is 0.465 e. The summed E-state index contributed by atoms with van der Waals surface area (Å²) >= 11 is 18.0. The molecular weight excluding hydrogens is 557 g/mol. The highest BCUT2D eigenvalue weighted by Crippen LogP contribution is 2.65. The van der Waals surface area contributed by atoms with E-state index < -0.39 is 4.93 Å². The van der Waals surface area contributed by atoms with Crippen molar-refractivity contribution < 1.29 is 4.74 Å². The predicted octanol–water partition coefficient (Wildman–Crippen LogP) is 9.81. The third-order valence-corrected chi connectivity index (χ3v) is 11.8. The van der Waals surface area contributed by atoms with Crippen LogP contribution in [0.4, 0.5) is 0 Å². The van der Waals surface area contributed by atoms with Gasteiger partial charge >= 0.3 is 0 Å². The molecule has 1 unspecified atom stereocenters. The number of thioether (sulfide) groups is 3. The Morgan fingerprint density at radius 2 is 1.16 bits per heavy atom. The summed E-state index contributed by atoms with van der Waals surface area (Å²) in [6.07, 6.45) is 2.13. The number of hydrogen-bond acceptors (Lipinski definition) is 4. The van der Waals surface area contributed by atoms with Gasteiger partial charge in [0.15, 0.2) is 0 Å². The van der Waals surface area contributed by atoms with Gasteiger partial charge in [0.25, 0.3) is 0 Å². The first-order valence-electron chi connectivity index (χ1n) is 11.7. The first-order chi connectivity index (χ1) is 18.1. The van der Waals surface area contributed by atoms with Gasteiger partial charge in [-0.2, -0.15) is 0 Å². The van der Waals surface area contributed by atoms with Crippen molar-refractivity contribution in [3.05, 3.63) is 142 Å². The molecule has 0 saturated heterocycles. The Kier molecular flexibility index (Phi) is 5.83. The number of hydrogen-bond donors (Lipinski definition) is 1. The maximum atomic E-state index is 6.76. The van der Waals surface area contributed by atoms with Crippen LogP contribution in [0.25, 0.3) is 0 Å². The summed E-state index contributed by atoms with van der Waals surface area (Å²) in [6.45, 7) is 0. The van der Waals surface area contributed by atoms with Crippen molar-refractivity contribution in [3.63, 3.8) is 0 Å². The SMILES string of the molecule is Clc1ccc(C2(c3cc(C4(c5ccc(Cl)cc5)Sc5ccccc5S4)c[nH]3)Oc3ccccc3S2)cc1. The second-order valence-corrected chi connectivity index (χ2v) is 13.7. The highest BCUT2D eigenvalue weighted by atomic mass is 35.5. The van der Waals surface area contributed by atoms with Crippen LogP contribution in [0.15, 0.2) is 124 Å². The number of benzene rings is 4. The molecule has 0 radical (unpaired) electrons. The smallest absolute Gasteiger partial charge is 0.225 e. The number of para-hydroxylation sites is 1. The van der Waals surface area contributed by atoms with E-state index in [-0.39, 0.29) is 4.08 Å². The topological polar surface area (TPSA) is 25.0 Å². The lowest BCUT2D eigenvalue weighted by atomic mass is 10.0. The zero-order chi connectivity index (χ0) is 25.0. The van der Waals surface area contributed by atoms with Crippen molar-refractivity contribution in [3.8, 4) is 5.75 Å². The Balaban J connectivity index is 1.38. The molecule has 2 aliphatic rings. The number of halogens is 2. The predicted molar refractivity (Wildman–Crippen MR) is 156 cm³/mol. The number of fused-ring (bicyclic) bond motifs is 2. The summed E-state index contributed by atoms with van der Waals surface area (Å²) in [6, 6.07) is 35.2. The van der Waals surface area contributed by atoms with Gasteiger partial charge in [0.05, 0.1) is 10.6 Å². The molecule has 0 fully saturated rings. The molecule has 4 aromatic carbocycles. The summed E-state index contributed by atoms with van der Waals surface area (Å²) in [7, 11) is 0. The van der Waals surface area contributed by atoms with Crippen molar-refractivity contribution >= 4 is 58.5 Å². The maximum absolute atomic E-state index is 6.76. The molecule has 2 aliphatic heterocycles. The summed E-state index contributed by atoms with van der Waals surface area (Å²) in [5.74, 6) is 0.878. The van der Waals surface area contributed by atoms with E-state index in [1.54, 1.807) is 11.8 Å². The standard InChI is InChI=1S/C30H19Cl2NOS3/c31-22-13-9-19(10-14-22)29(34-24-5-1-2-6-25(24)35-29)28-17-21(18-33-28)30(20-11-15-23(32)16-12-20)36-26-7-3-4-8-27(26)37-30/h1-18,33H. The van der Waals surface area contributed by atoms with Crippen molar-refractivity contribution in [2.75, 3.05) is 0 Å². The molecule has 1 N–H and O–H groups in total. The lowest BCUT2D eigenvalue weighted by molar-refractivity contribution is 0.213. The van der Waals surface area contributed by atoms with Crippen LogP contribution in [0, 0.1) is 0 Å². The van der Waals surface area contributed by atoms with E-state index in [0.717, 1.165) is 26.9 Å². The van der Waals surface area contributed by atoms with Crippen LogP contribution >= 0.6 is 58.5 Å². The Labute approximate surface area is 238 Å². The maximum Gasteiger partial charge on any atom is 0.225 e. The molecule has 5 aromatic rings. The molecule has 1 aromatic heterocycles. The number of H-pyrrole nitrogens is 1. The van der Waals surface area contributed by atoms with E-state index in [1.165, 1.54) is 20.9 Å². The van der Waals surface area contributed by atoms with E-state index in [2.05, 4.69) is 59.7 Å². The van der Waals surface area contributed by atoms with Gasteiger partial charge in [-0.1, -0.05) is 107 Å². The Morgan fingerprint density at radius 3 is 1.78 bits per heavy atom. The summed E-state index contributed by atoms with van der Waals surface area (Å²) in [5, 5.41) is 1.43. The first-order valence-corrected chi connectivity index (χ1v) is 14.9. The normalized spacial score (nSPS) is 19.3. The van der Waals surface area contributed by atoms with E-state index >= 15 is 0 Å². The number of aromatic nitrogens is 1. The van der Waals surface area contributed by atoms with Gasteiger partial charge in [0.1, 0.15) is 9.83 Å². The highest BCUT2D eigenvalue weighted by molar-refractivity contribution is 8.20. The van der Waals surface area contributed by atoms with Gasteiger partial charge in [-0.15, -0.1) is 0 Å². The molecule has 182 valence electrons. The molecule has 3 heterocycles. The summed E-state index contributed by atoms with van der Waals surface area (Å²) in [4.78, 5) is 6.52. The Hall–Kier alpha value is -2.41. The van der Waals surface area contributed by atoms with Gasteiger partial charge in [0.2, 0.25) is 4.93 Å². The molecule has 0 bridgehead atoms. The van der Waals surface area contributed by atoms with Gasteiger partial charge in [0, 0.05) is 37.2 Å². The average Bonchev–Trinajstić information content (AvgIpc) is 3.65. The zero-order valence-electron chi connectivity index (χ0n) is 19.3. The molecule has 0 amide bonds. The van der Waals surface area contributed by atoms with E-state index in [0.29, 0.717) is 5.02 Å². The molecule has 37 heavy (non-hydrogen) atoms. The molecule has 1 atom stereocenters. The summed E-state index contributed by atoms with van der Waals surface area (Å²) in [5.41, 5.74) is 4.38. The van der Waals surface area contributed by atoms with Crippen LogP contribution in [0.2, 0.25) is 10.0 Å². The molecule has 0 aliphatic carbocycles. The van der Waals surface area contributed by atoms with Crippen molar-refractivity contribution in [1.29, 1.82) is 0 Å². The van der Waals surface area contributed by atoms with Crippen LogP contribution in [0.3, 0.4) is 0 Å². The lowest BCUT2D eigenvalue weighted by Crippen LogP contribution is -2.28. The Morgan fingerprint density at radius 1 is 0.595 bits per heavy atom. The second-order valence-electron chi connectivity index (χ2n) is 8.85. The van der Waals surface area contributed by atoms with Gasteiger partial charge in [-0.25, -0.2) is 0 Å². The monoisotopic (exact) mass is 575 g/mol. The van der Waals surface area contributed by atoms with Crippen LogP contribution in [-0.4, -0.2) is 4.98 Å². The van der Waals surface area contributed by atoms with E-state index in [9.17, 15) is 0 Å². The lowest BCUT2D eigenvalue weighted by Gasteiger charge is -2.29. The zero-order valence-corrected chi connectivity index (χ0v) is 23.2. The molecule has 0 spiro atoms. The third-order valence-electron chi connectivity index (χ3n) is 6.58. The summed E-state index contributed by atoms with van der Waals surface area (Å²) < 4.78 is 6.40. The Bertz CT molecular complexity index is 1450. The second kappa shape index (κ2) is 9.11. The van der Waals surface area contributed by atoms with Crippen LogP contribution < -0.4 is 4.74 Å². The third kappa shape index (κ3) is 3.91. The van der Waals surface area contributed by atoms with Crippen LogP contribution in [0.1, 0.15) is 22.4 Å². The van der Waals surface area contributed by atoms with E-state index in [4.69, 9.17) is 27.9 Å². The number of aromatic amines is 1.